The lowest BCUT2D eigenvalue weighted by Gasteiger charge is -2.08. The summed E-state index contributed by atoms with van der Waals surface area (Å²) in [6.45, 7) is 4.80. The molecule has 0 radical (unpaired) electrons. The number of hydrogen-bond donors (Lipinski definition) is 3. The van der Waals surface area contributed by atoms with Gasteiger partial charge in [0.15, 0.2) is 0 Å². The quantitative estimate of drug-likeness (QED) is 0.673. The summed E-state index contributed by atoms with van der Waals surface area (Å²) in [5, 5.41) is 5.96. The SMILES string of the molecule is CC(C)CNC(=O)CSCc1nc(N)nc(Nc2ccccc2)n1. The van der Waals surface area contributed by atoms with Crippen LogP contribution in [0.2, 0.25) is 0 Å². The molecule has 0 aliphatic rings. The summed E-state index contributed by atoms with van der Waals surface area (Å²) in [7, 11) is 0. The number of rotatable bonds is 8. The molecule has 1 heterocycles. The second-order valence-electron chi connectivity index (χ2n) is 5.62. The van der Waals surface area contributed by atoms with Gasteiger partial charge in [0.25, 0.3) is 0 Å². The second-order valence-corrected chi connectivity index (χ2v) is 6.60. The average Bonchev–Trinajstić information content (AvgIpc) is 2.53. The lowest BCUT2D eigenvalue weighted by Crippen LogP contribution is -2.28. The molecule has 0 saturated heterocycles. The summed E-state index contributed by atoms with van der Waals surface area (Å²) in [4.78, 5) is 24.2. The molecule has 1 amide bonds. The van der Waals surface area contributed by atoms with Crippen LogP contribution in [0, 0.1) is 5.92 Å². The number of nitrogens with zero attached hydrogens (tertiary/aromatic N) is 3. The smallest absolute Gasteiger partial charge is 0.232 e. The van der Waals surface area contributed by atoms with Crippen molar-refractivity contribution >= 4 is 35.3 Å². The van der Waals surface area contributed by atoms with E-state index in [0.717, 1.165) is 5.69 Å². The van der Waals surface area contributed by atoms with Crippen LogP contribution in [0.1, 0.15) is 19.7 Å². The molecule has 0 bridgehead atoms. The fourth-order valence-electron chi connectivity index (χ4n) is 1.81. The molecular weight excluding hydrogens is 324 g/mol. The number of benzene rings is 1. The summed E-state index contributed by atoms with van der Waals surface area (Å²) in [6.07, 6.45) is 0. The van der Waals surface area contributed by atoms with Crippen LogP contribution in [0.4, 0.5) is 17.6 Å². The number of nitrogen functional groups attached to an aromatic ring is 1. The van der Waals surface area contributed by atoms with Crippen LogP contribution in [0.25, 0.3) is 0 Å². The minimum Gasteiger partial charge on any atom is -0.368 e. The Morgan fingerprint density at radius 1 is 1.21 bits per heavy atom. The molecule has 128 valence electrons. The van der Waals surface area contributed by atoms with E-state index < -0.39 is 0 Å². The summed E-state index contributed by atoms with van der Waals surface area (Å²) < 4.78 is 0. The van der Waals surface area contributed by atoms with Crippen molar-refractivity contribution in [2.75, 3.05) is 23.3 Å². The predicted molar refractivity (Wildman–Crippen MR) is 98.0 cm³/mol. The molecule has 2 aromatic rings. The van der Waals surface area contributed by atoms with Gasteiger partial charge < -0.3 is 16.4 Å². The lowest BCUT2D eigenvalue weighted by molar-refractivity contribution is -0.118. The van der Waals surface area contributed by atoms with Crippen LogP contribution >= 0.6 is 11.8 Å². The zero-order chi connectivity index (χ0) is 17.4. The first-order chi connectivity index (χ1) is 11.5. The molecule has 1 aromatic carbocycles. The average molecular weight is 346 g/mol. The number of nitrogens with two attached hydrogens (primary N) is 1. The molecule has 0 unspecified atom stereocenters. The monoisotopic (exact) mass is 346 g/mol. The number of amides is 1. The Bertz CT molecular complexity index is 665. The highest BCUT2D eigenvalue weighted by Crippen LogP contribution is 2.15. The third-order valence-corrected chi connectivity index (χ3v) is 3.83. The first-order valence-corrected chi connectivity index (χ1v) is 8.85. The van der Waals surface area contributed by atoms with Crippen LogP contribution in [-0.4, -0.2) is 33.2 Å². The number of thioether (sulfide) groups is 1. The van der Waals surface area contributed by atoms with E-state index in [9.17, 15) is 4.79 Å². The van der Waals surface area contributed by atoms with Crippen molar-refractivity contribution in [3.8, 4) is 0 Å². The number of carbonyl (C=O) groups is 1. The van der Waals surface area contributed by atoms with E-state index in [1.807, 2.05) is 30.3 Å². The number of anilines is 3. The Balaban J connectivity index is 1.88. The standard InChI is InChI=1S/C16H22N6OS/c1-11(2)8-18-14(23)10-24-9-13-20-15(17)22-16(21-13)19-12-6-4-3-5-7-12/h3-7,11H,8-10H2,1-2H3,(H,18,23)(H3,17,19,20,21,22). The molecular formula is C16H22N6OS. The van der Waals surface area contributed by atoms with E-state index in [2.05, 4.69) is 39.4 Å². The van der Waals surface area contributed by atoms with Crippen LogP contribution in [-0.2, 0) is 10.5 Å². The molecule has 1 aromatic heterocycles. The van der Waals surface area contributed by atoms with Gasteiger partial charge in [-0.15, -0.1) is 11.8 Å². The lowest BCUT2D eigenvalue weighted by atomic mass is 10.2. The maximum absolute atomic E-state index is 11.7. The zero-order valence-corrected chi connectivity index (χ0v) is 14.6. The van der Waals surface area contributed by atoms with Crippen LogP contribution in [0.5, 0.6) is 0 Å². The van der Waals surface area contributed by atoms with Crippen molar-refractivity contribution in [2.24, 2.45) is 5.92 Å². The van der Waals surface area contributed by atoms with Crippen LogP contribution < -0.4 is 16.4 Å². The summed E-state index contributed by atoms with van der Waals surface area (Å²) >= 11 is 1.44. The van der Waals surface area contributed by atoms with Gasteiger partial charge in [0.1, 0.15) is 5.82 Å². The van der Waals surface area contributed by atoms with E-state index in [0.29, 0.717) is 35.7 Å². The van der Waals surface area contributed by atoms with Gasteiger partial charge in [0.05, 0.1) is 11.5 Å². The van der Waals surface area contributed by atoms with Gasteiger partial charge in [-0.1, -0.05) is 32.0 Å². The fourth-order valence-corrected chi connectivity index (χ4v) is 2.51. The normalized spacial score (nSPS) is 10.6. The van der Waals surface area contributed by atoms with Gasteiger partial charge in [-0.2, -0.15) is 15.0 Å². The van der Waals surface area contributed by atoms with Gasteiger partial charge in [-0.3, -0.25) is 4.79 Å². The number of nitrogens with one attached hydrogen (secondary N) is 2. The second kappa shape index (κ2) is 9.07. The molecule has 24 heavy (non-hydrogen) atoms. The molecule has 0 spiro atoms. The van der Waals surface area contributed by atoms with E-state index in [1.54, 1.807) is 0 Å². The number of hydrogen-bond acceptors (Lipinski definition) is 7. The molecule has 0 saturated carbocycles. The largest absolute Gasteiger partial charge is 0.368 e. The minimum atomic E-state index is 0.0124. The van der Waals surface area contributed by atoms with Crippen LogP contribution in [0.3, 0.4) is 0 Å². The maximum atomic E-state index is 11.7. The summed E-state index contributed by atoms with van der Waals surface area (Å²) in [6, 6.07) is 9.58. The van der Waals surface area contributed by atoms with Crippen molar-refractivity contribution in [1.82, 2.24) is 20.3 Å². The van der Waals surface area contributed by atoms with E-state index >= 15 is 0 Å². The van der Waals surface area contributed by atoms with Gasteiger partial charge in [0.2, 0.25) is 17.8 Å². The fraction of sp³-hybridized carbons (Fsp3) is 0.375. The molecule has 7 nitrogen and oxygen atoms in total. The van der Waals surface area contributed by atoms with Gasteiger partial charge in [0, 0.05) is 12.2 Å². The maximum Gasteiger partial charge on any atom is 0.232 e. The van der Waals surface area contributed by atoms with Gasteiger partial charge in [-0.25, -0.2) is 0 Å². The van der Waals surface area contributed by atoms with E-state index in [1.165, 1.54) is 11.8 Å². The molecule has 0 aliphatic carbocycles. The molecule has 4 N–H and O–H groups in total. The molecule has 0 atom stereocenters. The third-order valence-electron chi connectivity index (χ3n) is 2.90. The first-order valence-electron chi connectivity index (χ1n) is 7.70. The van der Waals surface area contributed by atoms with E-state index in [4.69, 9.17) is 5.73 Å². The summed E-state index contributed by atoms with van der Waals surface area (Å²) in [5.74, 6) is 2.40. The number of para-hydroxylation sites is 1. The van der Waals surface area contributed by atoms with E-state index in [-0.39, 0.29) is 11.9 Å². The Morgan fingerprint density at radius 2 is 1.96 bits per heavy atom. The molecule has 0 fully saturated rings. The van der Waals surface area contributed by atoms with Crippen molar-refractivity contribution in [3.63, 3.8) is 0 Å². The Hall–Kier alpha value is -2.35. The van der Waals surface area contributed by atoms with Gasteiger partial charge in [-0.05, 0) is 18.1 Å². The highest BCUT2D eigenvalue weighted by Gasteiger charge is 2.07. The highest BCUT2D eigenvalue weighted by atomic mass is 32.2. The van der Waals surface area contributed by atoms with Crippen molar-refractivity contribution in [3.05, 3.63) is 36.2 Å². The number of carbonyl (C=O) groups excluding carboxylic acids is 1. The van der Waals surface area contributed by atoms with Crippen LogP contribution in [0.15, 0.2) is 30.3 Å². The van der Waals surface area contributed by atoms with Gasteiger partial charge >= 0.3 is 0 Å². The topological polar surface area (TPSA) is 106 Å². The summed E-state index contributed by atoms with van der Waals surface area (Å²) in [5.41, 5.74) is 6.60. The van der Waals surface area contributed by atoms with Crippen molar-refractivity contribution in [2.45, 2.75) is 19.6 Å². The molecule has 8 heteroatoms. The number of aromatic nitrogens is 3. The Morgan fingerprint density at radius 3 is 2.67 bits per heavy atom. The Labute approximate surface area is 145 Å². The third kappa shape index (κ3) is 6.41. The molecule has 0 aliphatic heterocycles. The predicted octanol–water partition coefficient (Wildman–Crippen LogP) is 2.20. The highest BCUT2D eigenvalue weighted by molar-refractivity contribution is 7.99. The molecule has 2 rings (SSSR count). The Kier molecular flexibility index (Phi) is 6.80. The first kappa shape index (κ1) is 18.0. The minimum absolute atomic E-state index is 0.0124. The van der Waals surface area contributed by atoms with Crippen molar-refractivity contribution in [1.29, 1.82) is 0 Å². The van der Waals surface area contributed by atoms with Crippen molar-refractivity contribution < 1.29 is 4.79 Å². The zero-order valence-electron chi connectivity index (χ0n) is 13.8.